The average Bonchev–Trinajstić information content (AvgIpc) is 2.70. The van der Waals surface area contributed by atoms with E-state index in [1.165, 1.54) is 0 Å². The van der Waals surface area contributed by atoms with E-state index in [4.69, 9.17) is 4.74 Å². The van der Waals surface area contributed by atoms with Gasteiger partial charge < -0.3 is 4.74 Å². The van der Waals surface area contributed by atoms with Crippen molar-refractivity contribution in [1.82, 2.24) is 14.1 Å². The summed E-state index contributed by atoms with van der Waals surface area (Å²) in [4.78, 5) is 13.3. The van der Waals surface area contributed by atoms with Gasteiger partial charge >= 0.3 is 6.09 Å². The van der Waals surface area contributed by atoms with Crippen LogP contribution >= 0.6 is 12.3 Å². The summed E-state index contributed by atoms with van der Waals surface area (Å²) in [6.07, 6.45) is 1.22. The zero-order chi connectivity index (χ0) is 12.6. The van der Waals surface area contributed by atoms with Gasteiger partial charge in [-0.15, -0.1) is 3.89 Å². The molecule has 17 heavy (non-hydrogen) atoms. The number of nitrogens with zero attached hydrogens (tertiary/aromatic N) is 3. The highest BCUT2D eigenvalue weighted by Gasteiger charge is 2.29. The van der Waals surface area contributed by atoms with Crippen molar-refractivity contribution in [3.05, 3.63) is 17.5 Å². The van der Waals surface area contributed by atoms with Gasteiger partial charge in [-0.05, 0) is 20.8 Å². The Morgan fingerprint density at radius 2 is 2.24 bits per heavy atom. The van der Waals surface area contributed by atoms with E-state index in [0.717, 1.165) is 15.3 Å². The van der Waals surface area contributed by atoms with Crippen LogP contribution in [0, 0.1) is 0 Å². The molecule has 0 aliphatic carbocycles. The molecule has 94 valence electrons. The second kappa shape index (κ2) is 4.21. The normalized spacial score (nSPS) is 14.9. The minimum atomic E-state index is -0.508. The smallest absolute Gasteiger partial charge is 0.410 e. The second-order valence-corrected chi connectivity index (χ2v) is 5.42. The van der Waals surface area contributed by atoms with Crippen LogP contribution in [-0.2, 0) is 17.8 Å². The van der Waals surface area contributed by atoms with E-state index in [9.17, 15) is 8.68 Å². The van der Waals surface area contributed by atoms with Gasteiger partial charge in [-0.25, -0.2) is 4.79 Å². The monoisotopic (exact) mass is 259 g/mol. The van der Waals surface area contributed by atoms with Gasteiger partial charge in [-0.2, -0.15) is 9.19 Å². The average molecular weight is 259 g/mol. The Morgan fingerprint density at radius 1 is 1.53 bits per heavy atom. The van der Waals surface area contributed by atoms with Crippen LogP contribution in [0.25, 0.3) is 0 Å². The molecular weight excluding hydrogens is 245 g/mol. The fourth-order valence-corrected chi connectivity index (χ4v) is 1.91. The van der Waals surface area contributed by atoms with Gasteiger partial charge in [0.05, 0.1) is 18.8 Å². The van der Waals surface area contributed by atoms with Gasteiger partial charge in [-0.3, -0.25) is 4.90 Å². The summed E-state index contributed by atoms with van der Waals surface area (Å²) in [6, 6.07) is 0. The molecular formula is C10H14FN3O2S. The maximum atomic E-state index is 12.3. The molecule has 0 saturated heterocycles. The molecule has 0 aromatic carbocycles. The van der Waals surface area contributed by atoms with Crippen molar-refractivity contribution in [2.24, 2.45) is 0 Å². The first kappa shape index (κ1) is 12.2. The van der Waals surface area contributed by atoms with Crippen molar-refractivity contribution in [1.29, 1.82) is 0 Å². The molecule has 1 aliphatic rings. The van der Waals surface area contributed by atoms with Crippen molar-refractivity contribution < 1.29 is 13.4 Å². The number of hydrogen-bond acceptors (Lipinski definition) is 4. The molecule has 2 rings (SSSR count). The molecule has 0 radical (unpaired) electrons. The Labute approximate surface area is 103 Å². The SMILES string of the molecule is CC(C)(C)OC(=O)N1Cc2cn(SF)nc2C1. The van der Waals surface area contributed by atoms with E-state index in [1.807, 2.05) is 20.8 Å². The first-order valence-corrected chi connectivity index (χ1v) is 5.91. The maximum absolute atomic E-state index is 12.3. The predicted octanol–water partition coefficient (Wildman–Crippen LogP) is 2.51. The molecule has 1 aromatic heterocycles. The van der Waals surface area contributed by atoms with Gasteiger partial charge in [0.2, 0.25) is 0 Å². The quantitative estimate of drug-likeness (QED) is 0.777. The topological polar surface area (TPSA) is 47.4 Å². The van der Waals surface area contributed by atoms with E-state index in [0.29, 0.717) is 13.1 Å². The summed E-state index contributed by atoms with van der Waals surface area (Å²) >= 11 is 0.0436. The van der Waals surface area contributed by atoms with E-state index in [1.54, 1.807) is 11.1 Å². The number of ether oxygens (including phenoxy) is 1. The van der Waals surface area contributed by atoms with Crippen molar-refractivity contribution in [3.63, 3.8) is 0 Å². The van der Waals surface area contributed by atoms with E-state index in [2.05, 4.69) is 5.10 Å². The molecule has 0 bridgehead atoms. The predicted molar refractivity (Wildman–Crippen MR) is 61.8 cm³/mol. The lowest BCUT2D eigenvalue weighted by Gasteiger charge is -2.24. The van der Waals surface area contributed by atoms with Crippen LogP contribution in [0.2, 0.25) is 0 Å². The largest absolute Gasteiger partial charge is 0.444 e. The molecule has 2 heterocycles. The van der Waals surface area contributed by atoms with Crippen LogP contribution in [0.3, 0.4) is 0 Å². The van der Waals surface area contributed by atoms with Crippen LogP contribution in [0.1, 0.15) is 32.0 Å². The lowest BCUT2D eigenvalue weighted by Crippen LogP contribution is -2.33. The van der Waals surface area contributed by atoms with Gasteiger partial charge in [0.1, 0.15) is 5.60 Å². The van der Waals surface area contributed by atoms with Gasteiger partial charge in [0.25, 0.3) is 0 Å². The fraction of sp³-hybridized carbons (Fsp3) is 0.600. The van der Waals surface area contributed by atoms with Crippen LogP contribution in [0.15, 0.2) is 6.20 Å². The molecule has 0 unspecified atom stereocenters. The van der Waals surface area contributed by atoms with Crippen LogP contribution in [0.5, 0.6) is 0 Å². The number of carbonyl (C=O) groups excluding carboxylic acids is 1. The van der Waals surface area contributed by atoms with Crippen molar-refractivity contribution in [2.75, 3.05) is 0 Å². The second-order valence-electron chi connectivity index (χ2n) is 4.91. The molecule has 1 aromatic rings. The summed E-state index contributed by atoms with van der Waals surface area (Å²) in [7, 11) is 0. The summed E-state index contributed by atoms with van der Waals surface area (Å²) in [5.41, 5.74) is 1.08. The zero-order valence-electron chi connectivity index (χ0n) is 9.94. The van der Waals surface area contributed by atoms with Crippen molar-refractivity contribution in [3.8, 4) is 0 Å². The van der Waals surface area contributed by atoms with E-state index in [-0.39, 0.29) is 18.4 Å². The summed E-state index contributed by atoms with van der Waals surface area (Å²) in [5, 5.41) is 3.99. The Balaban J connectivity index is 2.00. The molecule has 1 amide bonds. The molecule has 0 saturated carbocycles. The number of amides is 1. The lowest BCUT2D eigenvalue weighted by molar-refractivity contribution is 0.0239. The zero-order valence-corrected chi connectivity index (χ0v) is 10.8. The summed E-state index contributed by atoms with van der Waals surface area (Å²) in [5.74, 6) is 0. The molecule has 0 N–H and O–H groups in total. The summed E-state index contributed by atoms with van der Waals surface area (Å²) < 4.78 is 18.7. The Kier molecular flexibility index (Phi) is 3.03. The first-order valence-electron chi connectivity index (χ1n) is 5.23. The third-order valence-corrected chi connectivity index (χ3v) is 2.61. The third kappa shape index (κ3) is 2.71. The molecule has 5 nitrogen and oxygen atoms in total. The Morgan fingerprint density at radius 3 is 2.76 bits per heavy atom. The molecule has 1 aliphatic heterocycles. The number of aromatic nitrogens is 2. The first-order chi connectivity index (χ1) is 7.89. The molecule has 0 fully saturated rings. The number of rotatable bonds is 1. The van der Waals surface area contributed by atoms with Crippen LogP contribution < -0.4 is 0 Å². The highest BCUT2D eigenvalue weighted by Crippen LogP contribution is 2.24. The van der Waals surface area contributed by atoms with Gasteiger partial charge in [0, 0.05) is 11.8 Å². The number of halogens is 1. The Hall–Kier alpha value is -1.24. The van der Waals surface area contributed by atoms with E-state index < -0.39 is 5.60 Å². The third-order valence-electron chi connectivity index (χ3n) is 2.28. The maximum Gasteiger partial charge on any atom is 0.410 e. The van der Waals surface area contributed by atoms with Crippen molar-refractivity contribution in [2.45, 2.75) is 39.5 Å². The number of carbonyl (C=O) groups is 1. The highest BCUT2D eigenvalue weighted by molar-refractivity contribution is 7.92. The molecule has 0 atom stereocenters. The van der Waals surface area contributed by atoms with Crippen molar-refractivity contribution >= 4 is 18.4 Å². The number of hydrogen-bond donors (Lipinski definition) is 0. The minimum absolute atomic E-state index is 0.0436. The van der Waals surface area contributed by atoms with Crippen LogP contribution in [-0.4, -0.2) is 25.8 Å². The van der Waals surface area contributed by atoms with Gasteiger partial charge in [0.15, 0.2) is 12.3 Å². The minimum Gasteiger partial charge on any atom is -0.444 e. The van der Waals surface area contributed by atoms with Gasteiger partial charge in [-0.1, -0.05) is 0 Å². The fourth-order valence-electron chi connectivity index (χ4n) is 1.62. The summed E-state index contributed by atoms with van der Waals surface area (Å²) in [6.45, 7) is 6.25. The number of fused-ring (bicyclic) bond motifs is 1. The standard InChI is InChI=1S/C10H14FN3O2S/c1-10(2,3)16-9(15)13-4-7-5-14(17-11)12-8(7)6-13/h5H,4,6H2,1-3H3. The Bertz CT molecular complexity index is 418. The van der Waals surface area contributed by atoms with E-state index >= 15 is 0 Å². The van der Waals surface area contributed by atoms with Crippen LogP contribution in [0.4, 0.5) is 8.68 Å². The molecule has 0 spiro atoms. The molecule has 7 heteroatoms. The lowest BCUT2D eigenvalue weighted by atomic mass is 10.2. The highest BCUT2D eigenvalue weighted by atomic mass is 32.2.